The fourth-order valence-corrected chi connectivity index (χ4v) is 2.86. The fourth-order valence-electron chi connectivity index (χ4n) is 1.00. The minimum atomic E-state index is -2.58. The molecule has 0 aliphatic rings. The van der Waals surface area contributed by atoms with E-state index in [4.69, 9.17) is 19.0 Å². The minimum absolute atomic E-state index is 0.0171. The summed E-state index contributed by atoms with van der Waals surface area (Å²) in [6.07, 6.45) is 0.893. The van der Waals surface area contributed by atoms with Crippen LogP contribution in [0.5, 0.6) is 0 Å². The van der Waals surface area contributed by atoms with Crippen LogP contribution in [0.15, 0.2) is 0 Å². The van der Waals surface area contributed by atoms with Crippen LogP contribution in [0.2, 0.25) is 6.04 Å². The van der Waals surface area contributed by atoms with Crippen LogP contribution in [0.4, 0.5) is 4.79 Å². The van der Waals surface area contributed by atoms with Crippen LogP contribution >= 0.6 is 0 Å². The molecule has 0 fully saturated rings. The first-order valence-corrected chi connectivity index (χ1v) is 6.31. The van der Waals surface area contributed by atoms with Gasteiger partial charge in [0.05, 0.1) is 0 Å². The fraction of sp³-hybridized carbons (Fsp3) is 0.857. The van der Waals surface area contributed by atoms with Gasteiger partial charge in [-0.1, -0.05) is 13.3 Å². The second-order valence-corrected chi connectivity index (χ2v) is 5.64. The first kappa shape index (κ1) is 13.4. The lowest BCUT2D eigenvalue weighted by Gasteiger charge is -2.25. The van der Waals surface area contributed by atoms with Crippen LogP contribution in [-0.4, -0.2) is 35.8 Å². The topological polar surface area (TPSA) is 82.8 Å². The second kappa shape index (κ2) is 6.77. The van der Waals surface area contributed by atoms with Crippen LogP contribution in [0.25, 0.3) is 0 Å². The molecule has 84 valence electrons. The number of nitrogens with one attached hydrogen (secondary N) is 1. The summed E-state index contributed by atoms with van der Waals surface area (Å²) >= 11 is 0. The molecule has 0 aromatic carbocycles. The summed E-state index contributed by atoms with van der Waals surface area (Å²) in [4.78, 5) is 10.4. The van der Waals surface area contributed by atoms with E-state index in [0.717, 1.165) is 6.42 Å². The number of hydrogen-bond acceptors (Lipinski definition) is 4. The van der Waals surface area contributed by atoms with E-state index in [1.807, 2.05) is 6.92 Å². The lowest BCUT2D eigenvalue weighted by atomic mass is 10.6. The third kappa shape index (κ3) is 4.56. The maximum atomic E-state index is 10.4. The van der Waals surface area contributed by atoms with Crippen molar-refractivity contribution in [1.82, 2.24) is 5.32 Å². The molecular weight excluding hydrogens is 204 g/mol. The lowest BCUT2D eigenvalue weighted by Crippen LogP contribution is -2.47. The Morgan fingerprint density at radius 2 is 2.00 bits per heavy atom. The van der Waals surface area contributed by atoms with E-state index in [9.17, 15) is 4.79 Å². The Morgan fingerprint density at radius 1 is 1.43 bits per heavy atom. The van der Waals surface area contributed by atoms with E-state index in [2.05, 4.69) is 5.32 Å². The molecule has 7 heteroatoms. The van der Waals surface area contributed by atoms with Gasteiger partial charge in [-0.15, -0.1) is 0 Å². The Morgan fingerprint density at radius 3 is 2.36 bits per heavy atom. The quantitative estimate of drug-likeness (QED) is 0.478. The first-order chi connectivity index (χ1) is 6.60. The summed E-state index contributed by atoms with van der Waals surface area (Å²) in [5.41, 5.74) is 4.88. The molecule has 0 rings (SSSR count). The van der Waals surface area contributed by atoms with Gasteiger partial charge in [0.2, 0.25) is 0 Å². The number of carbonyl (C=O) groups is 1. The normalized spacial score (nSPS) is 11.4. The Labute approximate surface area is 85.1 Å². The molecule has 0 spiro atoms. The molecule has 0 heterocycles. The van der Waals surface area contributed by atoms with Crippen LogP contribution in [0.3, 0.4) is 0 Å². The molecule has 6 nitrogen and oxygen atoms in total. The third-order valence-electron chi connectivity index (χ3n) is 1.72. The lowest BCUT2D eigenvalue weighted by molar-refractivity contribution is 0.0929. The van der Waals surface area contributed by atoms with Gasteiger partial charge < -0.3 is 24.3 Å². The second-order valence-electron chi connectivity index (χ2n) is 2.67. The SMILES string of the molecule is CCC[Si](OC)(OC)OCNC(N)=O. The van der Waals surface area contributed by atoms with Crippen LogP contribution in [-0.2, 0) is 13.3 Å². The predicted molar refractivity (Wildman–Crippen MR) is 53.5 cm³/mol. The van der Waals surface area contributed by atoms with Crippen LogP contribution in [0.1, 0.15) is 13.3 Å². The number of carbonyl (C=O) groups excluding carboxylic acids is 1. The standard InChI is InChI=1S/C7H18N2O4Si/c1-4-5-14(11-2,12-3)13-6-9-7(8)10/h4-6H2,1-3H3,(H3,8,9,10). The Balaban J connectivity index is 4.00. The molecule has 0 aromatic heterocycles. The molecule has 0 saturated carbocycles. The van der Waals surface area contributed by atoms with Gasteiger partial charge in [0, 0.05) is 20.3 Å². The van der Waals surface area contributed by atoms with E-state index in [1.54, 1.807) is 0 Å². The summed E-state index contributed by atoms with van der Waals surface area (Å²) < 4.78 is 15.8. The van der Waals surface area contributed by atoms with Gasteiger partial charge >= 0.3 is 14.8 Å². The average molecular weight is 222 g/mol. The zero-order valence-corrected chi connectivity index (χ0v) is 9.83. The molecule has 14 heavy (non-hydrogen) atoms. The zero-order chi connectivity index (χ0) is 11.0. The number of urea groups is 1. The van der Waals surface area contributed by atoms with Gasteiger partial charge in [0.15, 0.2) is 0 Å². The molecule has 0 aromatic rings. The summed E-state index contributed by atoms with van der Waals surface area (Å²) in [5.74, 6) is 0. The van der Waals surface area contributed by atoms with Crippen molar-refractivity contribution in [3.63, 3.8) is 0 Å². The molecular formula is C7H18N2O4Si. The highest BCUT2D eigenvalue weighted by atomic mass is 28.4. The molecule has 0 bridgehead atoms. The van der Waals surface area contributed by atoms with Gasteiger partial charge in [0.1, 0.15) is 6.73 Å². The van der Waals surface area contributed by atoms with Crippen molar-refractivity contribution in [3.05, 3.63) is 0 Å². The highest BCUT2D eigenvalue weighted by molar-refractivity contribution is 6.60. The van der Waals surface area contributed by atoms with Crippen molar-refractivity contribution in [2.75, 3.05) is 21.0 Å². The van der Waals surface area contributed by atoms with Gasteiger partial charge in [-0.2, -0.15) is 0 Å². The van der Waals surface area contributed by atoms with E-state index in [1.165, 1.54) is 14.2 Å². The number of nitrogens with two attached hydrogens (primary N) is 1. The van der Waals surface area contributed by atoms with E-state index in [-0.39, 0.29) is 6.73 Å². The zero-order valence-electron chi connectivity index (χ0n) is 8.83. The van der Waals surface area contributed by atoms with Crippen LogP contribution in [0, 0.1) is 0 Å². The highest BCUT2D eigenvalue weighted by Crippen LogP contribution is 2.14. The van der Waals surface area contributed by atoms with Gasteiger partial charge in [-0.3, -0.25) is 0 Å². The third-order valence-corrected chi connectivity index (χ3v) is 4.66. The Hall–Kier alpha value is -0.633. The summed E-state index contributed by atoms with van der Waals surface area (Å²) in [6, 6.07) is 0.0806. The van der Waals surface area contributed by atoms with Crippen molar-refractivity contribution in [1.29, 1.82) is 0 Å². The molecule has 3 N–H and O–H groups in total. The molecule has 0 radical (unpaired) electrons. The molecule has 0 aliphatic carbocycles. The smallest absolute Gasteiger partial charge is 0.377 e. The summed E-state index contributed by atoms with van der Waals surface area (Å²) in [7, 11) is 0.494. The van der Waals surface area contributed by atoms with Gasteiger partial charge in [-0.25, -0.2) is 4.79 Å². The predicted octanol–water partition coefficient (Wildman–Crippen LogP) is 0.270. The summed E-state index contributed by atoms with van der Waals surface area (Å²) in [6.45, 7) is 2.02. The Bertz CT molecular complexity index is 175. The molecule has 0 saturated heterocycles. The van der Waals surface area contributed by atoms with E-state index < -0.39 is 14.8 Å². The monoisotopic (exact) mass is 222 g/mol. The number of primary amides is 1. The average Bonchev–Trinajstić information content (AvgIpc) is 2.16. The largest absolute Gasteiger partial charge is 0.501 e. The Kier molecular flexibility index (Phi) is 6.46. The van der Waals surface area contributed by atoms with Crippen molar-refractivity contribution in [2.24, 2.45) is 5.73 Å². The number of hydrogen-bond donors (Lipinski definition) is 2. The maximum Gasteiger partial charge on any atom is 0.501 e. The van der Waals surface area contributed by atoms with E-state index >= 15 is 0 Å². The molecule has 2 amide bonds. The van der Waals surface area contributed by atoms with Gasteiger partial charge in [0.25, 0.3) is 0 Å². The number of amides is 2. The molecule has 0 unspecified atom stereocenters. The van der Waals surface area contributed by atoms with Crippen molar-refractivity contribution in [2.45, 2.75) is 19.4 Å². The minimum Gasteiger partial charge on any atom is -0.377 e. The molecule has 0 aliphatic heterocycles. The summed E-state index contributed by atoms with van der Waals surface area (Å²) in [5, 5.41) is 2.32. The van der Waals surface area contributed by atoms with Gasteiger partial charge in [-0.05, 0) is 0 Å². The number of rotatable bonds is 7. The van der Waals surface area contributed by atoms with Crippen molar-refractivity contribution >= 4 is 14.8 Å². The highest BCUT2D eigenvalue weighted by Gasteiger charge is 2.37. The van der Waals surface area contributed by atoms with E-state index in [0.29, 0.717) is 6.04 Å². The first-order valence-electron chi connectivity index (χ1n) is 4.37. The van der Waals surface area contributed by atoms with Crippen LogP contribution < -0.4 is 11.1 Å². The van der Waals surface area contributed by atoms with Crippen molar-refractivity contribution < 1.29 is 18.1 Å². The van der Waals surface area contributed by atoms with Crippen molar-refractivity contribution in [3.8, 4) is 0 Å². The maximum absolute atomic E-state index is 10.4. The molecule has 0 atom stereocenters.